The Kier molecular flexibility index (Phi) is 62.5. The van der Waals surface area contributed by atoms with Crippen LogP contribution in [0.25, 0.3) is 0 Å². The first-order valence-electron chi connectivity index (χ1n) is 2.23. The quantitative estimate of drug-likeness (QED) is 0.492. The molecule has 0 bridgehead atoms. The molecule has 7 radical (unpaired) electrons. The summed E-state index contributed by atoms with van der Waals surface area (Å²) < 4.78 is 1.28. The second-order valence-corrected chi connectivity index (χ2v) is 1.82. The highest BCUT2D eigenvalue weighted by Gasteiger charge is 2.13. The predicted octanol–water partition coefficient (Wildman–Crippen LogP) is 1.01. The van der Waals surface area contributed by atoms with E-state index in [1.165, 1.54) is 4.55 Å². The number of rotatable bonds is 0. The summed E-state index contributed by atoms with van der Waals surface area (Å²) in [6.45, 7) is 4.07. The van der Waals surface area contributed by atoms with Crippen molar-refractivity contribution in [3.05, 3.63) is 0 Å². The fraction of sp³-hybridized carbons (Fsp3) is 1.00. The van der Waals surface area contributed by atoms with Gasteiger partial charge in [-0.05, 0) is 6.92 Å². The summed E-state index contributed by atoms with van der Waals surface area (Å²) in [6.07, 6.45) is 0. The van der Waals surface area contributed by atoms with Crippen molar-refractivity contribution in [3.8, 4) is 0 Å². The van der Waals surface area contributed by atoms with Crippen molar-refractivity contribution in [2.75, 3.05) is 6.61 Å². The number of halogens is 1. The van der Waals surface area contributed by atoms with E-state index in [4.69, 9.17) is 5.11 Å². The van der Waals surface area contributed by atoms with E-state index in [1.807, 2.05) is 21.7 Å². The van der Waals surface area contributed by atoms with Crippen LogP contribution in [0.4, 0.5) is 0 Å². The molecule has 7 heavy (non-hydrogen) atoms. The average Bonchev–Trinajstić information content (AvgIpc) is 1.39. The van der Waals surface area contributed by atoms with Crippen LogP contribution in [0, 0.1) is 0 Å². The molecule has 0 aromatic heterocycles. The second kappa shape index (κ2) is 27.9. The molecule has 0 saturated carbocycles. The van der Waals surface area contributed by atoms with Crippen LogP contribution in [0.5, 0.6) is 0 Å². The molecule has 0 rings (SSSR count). The van der Waals surface area contributed by atoms with Gasteiger partial charge in [0.2, 0.25) is 0 Å². The van der Waals surface area contributed by atoms with Crippen LogP contribution in [0.3, 0.4) is 0 Å². The summed E-state index contributed by atoms with van der Waals surface area (Å²) in [6, 6.07) is 0. The van der Waals surface area contributed by atoms with Gasteiger partial charge in [-0.1, -0.05) is 0 Å². The van der Waals surface area contributed by atoms with Gasteiger partial charge in [0.1, 0.15) is 0 Å². The van der Waals surface area contributed by atoms with Crippen LogP contribution in [0.2, 0.25) is 4.55 Å². The summed E-state index contributed by atoms with van der Waals surface area (Å²) in [5.41, 5.74) is 0. The van der Waals surface area contributed by atoms with Gasteiger partial charge in [0.25, 0.3) is 4.55 Å². The lowest BCUT2D eigenvalue weighted by molar-refractivity contribution is 0.318. The summed E-state index contributed by atoms with van der Waals surface area (Å²) in [7, 11) is 0. The molecule has 0 aromatic rings. The maximum absolute atomic E-state index is 7.57. The lowest BCUT2D eigenvalue weighted by atomic mass is 10.9. The zero-order valence-corrected chi connectivity index (χ0v) is 7.21. The lowest BCUT2D eigenvalue weighted by Crippen LogP contribution is -1.57. The predicted molar refractivity (Wildman–Crippen MR) is 36.2 cm³/mol. The Morgan fingerprint density at radius 2 is 1.43 bits per heavy atom. The van der Waals surface area contributed by atoms with Gasteiger partial charge in [0, 0.05) is 13.5 Å². The molecule has 0 amide bonds. The Morgan fingerprint density at radius 3 is 1.43 bits per heavy atom. The smallest absolute Gasteiger partial charge is 0.397 e. The topological polar surface area (TPSA) is 20.2 Å². The van der Waals surface area contributed by atoms with Crippen LogP contribution in [0.1, 0.15) is 13.8 Å². The van der Waals surface area contributed by atoms with Gasteiger partial charge in [0.05, 0.1) is 0 Å². The zero-order chi connectivity index (χ0) is 5.41. The largest absolute Gasteiger partial charge is 1.41 e. The van der Waals surface area contributed by atoms with Crippen molar-refractivity contribution in [1.82, 2.24) is 0 Å². The van der Waals surface area contributed by atoms with Gasteiger partial charge < -0.3 is 5.11 Å². The van der Waals surface area contributed by atoms with Gasteiger partial charge >= 0.3 is 21.7 Å². The Balaban J connectivity index is -0.0000000400. The molecule has 0 atom stereocenters. The highest BCUT2D eigenvalue weighted by molar-refractivity contribution is 6.08. The van der Waals surface area contributed by atoms with Crippen molar-refractivity contribution in [2.24, 2.45) is 0 Å². The SMILES string of the molecule is CCO.C[CH2][Mg+2].Cl. The molecule has 0 spiro atoms. The molecule has 0 saturated heterocycles. The fourth-order valence-corrected chi connectivity index (χ4v) is 0. The van der Waals surface area contributed by atoms with Crippen LogP contribution in [-0.2, 0) is 0 Å². The maximum Gasteiger partial charge on any atom is 1.41 e. The molecule has 0 fully saturated rings. The zero-order valence-electron chi connectivity index (χ0n) is 4.98. The molecule has 0 aliphatic carbocycles. The summed E-state index contributed by atoms with van der Waals surface area (Å²) in [5.74, 6) is 0. The Bertz CT molecular complexity index is 13.7. The first-order chi connectivity index (χ1) is 2.83. The van der Waals surface area contributed by atoms with Crippen molar-refractivity contribution in [1.29, 1.82) is 0 Å². The van der Waals surface area contributed by atoms with E-state index in [1.54, 1.807) is 6.92 Å². The van der Waals surface area contributed by atoms with Gasteiger partial charge in [-0.25, -0.2) is 0 Å². The van der Waals surface area contributed by atoms with Crippen molar-refractivity contribution < 1.29 is 5.11 Å². The van der Waals surface area contributed by atoms with Gasteiger partial charge in [-0.2, -0.15) is 0 Å². The molecule has 0 aliphatic rings. The van der Waals surface area contributed by atoms with E-state index in [0.717, 1.165) is 0 Å². The molecular weight excluding hydrogens is 124 g/mol. The van der Waals surface area contributed by atoms with E-state index in [2.05, 4.69) is 6.92 Å². The second-order valence-electron chi connectivity index (χ2n) is 0.816. The number of hydrogen-bond acceptors (Lipinski definition) is 1. The van der Waals surface area contributed by atoms with Gasteiger partial charge in [-0.3, -0.25) is 0 Å². The number of aliphatic hydroxyl groups excluding tert-OH is 1. The minimum atomic E-state index is 0. The van der Waals surface area contributed by atoms with E-state index < -0.39 is 0 Å². The Labute approximate surface area is 64.3 Å². The normalized spacial score (nSPS) is 5.14. The highest BCUT2D eigenvalue weighted by atomic mass is 35.5. The summed E-state index contributed by atoms with van der Waals surface area (Å²) in [4.78, 5) is 0. The highest BCUT2D eigenvalue weighted by Crippen LogP contribution is 1.49. The first-order valence-corrected chi connectivity index (χ1v) is 3.23. The molecular formula is C4H12ClMgO+2. The molecule has 41 valence electrons. The van der Waals surface area contributed by atoms with Crippen LogP contribution < -0.4 is 0 Å². The third-order valence-corrected chi connectivity index (χ3v) is 0. The molecule has 0 aromatic carbocycles. The van der Waals surface area contributed by atoms with E-state index >= 15 is 0 Å². The molecule has 0 aliphatic heterocycles. The van der Waals surface area contributed by atoms with Crippen LogP contribution >= 0.6 is 12.4 Å². The van der Waals surface area contributed by atoms with Crippen LogP contribution in [0.15, 0.2) is 0 Å². The van der Waals surface area contributed by atoms with Gasteiger partial charge in [0.15, 0.2) is 0 Å². The fourth-order valence-electron chi connectivity index (χ4n) is 0. The van der Waals surface area contributed by atoms with Crippen LogP contribution in [-0.4, -0.2) is 33.4 Å². The third-order valence-electron chi connectivity index (χ3n) is 0. The number of hydrogen-bond donors (Lipinski definition) is 1. The van der Waals surface area contributed by atoms with E-state index in [0.29, 0.717) is 0 Å². The maximum atomic E-state index is 7.57. The molecule has 0 unspecified atom stereocenters. The molecule has 3 heteroatoms. The van der Waals surface area contributed by atoms with Crippen molar-refractivity contribution in [2.45, 2.75) is 18.4 Å². The van der Waals surface area contributed by atoms with E-state index in [-0.39, 0.29) is 19.0 Å². The lowest BCUT2D eigenvalue weighted by Gasteiger charge is -1.52. The average molecular weight is 136 g/mol. The van der Waals surface area contributed by atoms with Crippen molar-refractivity contribution >= 4 is 34.1 Å². The molecule has 1 N–H and O–H groups in total. The summed E-state index contributed by atoms with van der Waals surface area (Å²) in [5, 5.41) is 7.57. The molecule has 0 heterocycles. The first kappa shape index (κ1) is 15.7. The summed E-state index contributed by atoms with van der Waals surface area (Å²) >= 11 is 1.97. The monoisotopic (exact) mass is 135 g/mol. The third kappa shape index (κ3) is 171. The molecule has 1 nitrogen and oxygen atoms in total. The van der Waals surface area contributed by atoms with Gasteiger partial charge in [-0.15, -0.1) is 12.4 Å². The minimum Gasteiger partial charge on any atom is -0.397 e. The Hall–Kier alpha value is 1.02. The van der Waals surface area contributed by atoms with E-state index in [9.17, 15) is 0 Å². The van der Waals surface area contributed by atoms with Crippen molar-refractivity contribution in [3.63, 3.8) is 0 Å². The number of aliphatic hydroxyl groups is 1. The Morgan fingerprint density at radius 1 is 1.43 bits per heavy atom. The minimum absolute atomic E-state index is 0. The standard InChI is InChI=1S/C2H6O.C2H5.ClH.Mg/c1-2-3;1-2;;/h3H,2H2,1H3;1H2,2H3;1H;/q;;;+2.